The number of aromatic nitrogens is 4. The molecule has 1 aliphatic heterocycles. The van der Waals surface area contributed by atoms with Gasteiger partial charge >= 0.3 is 0 Å². The number of nitrogens with one attached hydrogen (secondary N) is 2. The van der Waals surface area contributed by atoms with Crippen molar-refractivity contribution in [3.8, 4) is 11.4 Å². The van der Waals surface area contributed by atoms with E-state index in [2.05, 4.69) is 25.3 Å². The van der Waals surface area contributed by atoms with Gasteiger partial charge in [-0.1, -0.05) is 25.4 Å². The first-order chi connectivity index (χ1) is 17.8. The SMILES string of the molecule is CC(C)c1cnc(-c2cc(Cl)ccc2F)nc1Nc1ccnc2[nH]cc(C(=O)C(=O)N3CCOCC3)c12. The summed E-state index contributed by atoms with van der Waals surface area (Å²) < 4.78 is 19.8. The van der Waals surface area contributed by atoms with Crippen LogP contribution in [0, 0.1) is 5.82 Å². The minimum atomic E-state index is -0.641. The normalized spacial score (nSPS) is 13.8. The highest BCUT2D eigenvalue weighted by Crippen LogP contribution is 2.33. The molecule has 0 aliphatic carbocycles. The van der Waals surface area contributed by atoms with E-state index in [0.717, 1.165) is 5.56 Å². The molecule has 9 nitrogen and oxygen atoms in total. The maximum absolute atomic E-state index is 14.6. The molecule has 1 aliphatic rings. The van der Waals surface area contributed by atoms with E-state index >= 15 is 0 Å². The zero-order chi connectivity index (χ0) is 26.1. The smallest absolute Gasteiger partial charge is 0.295 e. The van der Waals surface area contributed by atoms with Crippen molar-refractivity contribution in [1.82, 2.24) is 24.8 Å². The zero-order valence-electron chi connectivity index (χ0n) is 20.2. The summed E-state index contributed by atoms with van der Waals surface area (Å²) in [5.74, 6) is -1.11. The number of halogens is 2. The van der Waals surface area contributed by atoms with Gasteiger partial charge in [0, 0.05) is 42.3 Å². The fraction of sp³-hybridized carbons (Fsp3) is 0.269. The lowest BCUT2D eigenvalue weighted by molar-refractivity contribution is -0.130. The van der Waals surface area contributed by atoms with E-state index in [4.69, 9.17) is 16.3 Å². The molecular formula is C26H24ClFN6O3. The Balaban J connectivity index is 1.56. The Labute approximate surface area is 217 Å². The Morgan fingerprint density at radius 1 is 1.19 bits per heavy atom. The first-order valence-corrected chi connectivity index (χ1v) is 12.2. The van der Waals surface area contributed by atoms with Crippen molar-refractivity contribution in [2.24, 2.45) is 0 Å². The second-order valence-electron chi connectivity index (χ2n) is 8.92. The molecule has 5 rings (SSSR count). The summed E-state index contributed by atoms with van der Waals surface area (Å²) in [5, 5.41) is 4.09. The highest BCUT2D eigenvalue weighted by atomic mass is 35.5. The van der Waals surface area contributed by atoms with Crippen LogP contribution in [0.4, 0.5) is 15.9 Å². The van der Waals surface area contributed by atoms with Crippen LogP contribution in [-0.4, -0.2) is 62.8 Å². The highest BCUT2D eigenvalue weighted by Gasteiger charge is 2.28. The second kappa shape index (κ2) is 10.2. The van der Waals surface area contributed by atoms with Gasteiger partial charge < -0.3 is 19.9 Å². The lowest BCUT2D eigenvalue weighted by Gasteiger charge is -2.26. The van der Waals surface area contributed by atoms with E-state index < -0.39 is 17.5 Å². The molecule has 4 heterocycles. The van der Waals surface area contributed by atoms with Crippen LogP contribution < -0.4 is 5.32 Å². The van der Waals surface area contributed by atoms with E-state index in [9.17, 15) is 14.0 Å². The van der Waals surface area contributed by atoms with Gasteiger partial charge in [0.1, 0.15) is 17.3 Å². The number of ether oxygens (including phenoxy) is 1. The molecule has 1 aromatic carbocycles. The van der Waals surface area contributed by atoms with Gasteiger partial charge in [0.05, 0.1) is 35.4 Å². The number of benzene rings is 1. The molecule has 3 aromatic heterocycles. The van der Waals surface area contributed by atoms with Crippen LogP contribution in [0.15, 0.2) is 42.9 Å². The number of carbonyl (C=O) groups excluding carboxylic acids is 2. The van der Waals surface area contributed by atoms with Crippen LogP contribution in [0.5, 0.6) is 0 Å². The Hall–Kier alpha value is -3.89. The molecule has 0 radical (unpaired) electrons. The van der Waals surface area contributed by atoms with Crippen molar-refractivity contribution >= 4 is 45.8 Å². The number of carbonyl (C=O) groups is 2. The summed E-state index contributed by atoms with van der Waals surface area (Å²) in [4.78, 5) is 43.9. The quantitative estimate of drug-likeness (QED) is 0.278. The number of hydrogen-bond acceptors (Lipinski definition) is 7. The Bertz CT molecular complexity index is 1500. The first-order valence-electron chi connectivity index (χ1n) is 11.8. The summed E-state index contributed by atoms with van der Waals surface area (Å²) in [6, 6.07) is 5.88. The molecule has 11 heteroatoms. The number of nitrogens with zero attached hydrogens (tertiary/aromatic N) is 4. The average molecular weight is 523 g/mol. The number of anilines is 2. The van der Waals surface area contributed by atoms with Crippen LogP contribution >= 0.6 is 11.6 Å². The van der Waals surface area contributed by atoms with Crippen molar-refractivity contribution in [2.45, 2.75) is 19.8 Å². The summed E-state index contributed by atoms with van der Waals surface area (Å²) in [7, 11) is 0. The maximum Gasteiger partial charge on any atom is 0.295 e. The number of pyridine rings is 1. The van der Waals surface area contributed by atoms with Gasteiger partial charge in [0.2, 0.25) is 0 Å². The van der Waals surface area contributed by atoms with E-state index in [0.29, 0.717) is 53.9 Å². The molecule has 1 amide bonds. The summed E-state index contributed by atoms with van der Waals surface area (Å²) >= 11 is 6.08. The average Bonchev–Trinajstić information content (AvgIpc) is 3.35. The summed E-state index contributed by atoms with van der Waals surface area (Å²) in [6.45, 7) is 5.47. The largest absolute Gasteiger partial charge is 0.378 e. The number of H-pyrrole nitrogens is 1. The molecule has 0 atom stereocenters. The van der Waals surface area contributed by atoms with Gasteiger partial charge in [-0.2, -0.15) is 0 Å². The van der Waals surface area contributed by atoms with Crippen molar-refractivity contribution in [1.29, 1.82) is 0 Å². The number of aromatic amines is 1. The highest BCUT2D eigenvalue weighted by molar-refractivity contribution is 6.45. The molecule has 1 fully saturated rings. The number of fused-ring (bicyclic) bond motifs is 1. The van der Waals surface area contributed by atoms with Crippen LogP contribution in [0.25, 0.3) is 22.4 Å². The first kappa shape index (κ1) is 24.8. The minimum absolute atomic E-state index is 0.0355. The predicted molar refractivity (Wildman–Crippen MR) is 138 cm³/mol. The molecule has 190 valence electrons. The van der Waals surface area contributed by atoms with Crippen LogP contribution in [0.3, 0.4) is 0 Å². The van der Waals surface area contributed by atoms with Crippen molar-refractivity contribution in [3.05, 3.63) is 64.8 Å². The van der Waals surface area contributed by atoms with Crippen molar-refractivity contribution in [3.63, 3.8) is 0 Å². The predicted octanol–water partition coefficient (Wildman–Crippen LogP) is 4.72. The van der Waals surface area contributed by atoms with Gasteiger partial charge in [-0.3, -0.25) is 9.59 Å². The third-order valence-electron chi connectivity index (χ3n) is 6.17. The van der Waals surface area contributed by atoms with Gasteiger partial charge in [-0.05, 0) is 30.2 Å². The lowest BCUT2D eigenvalue weighted by Crippen LogP contribution is -2.44. The monoisotopic (exact) mass is 522 g/mol. The molecular weight excluding hydrogens is 499 g/mol. The Kier molecular flexibility index (Phi) is 6.86. The fourth-order valence-electron chi connectivity index (χ4n) is 4.21. The fourth-order valence-corrected chi connectivity index (χ4v) is 4.38. The third-order valence-corrected chi connectivity index (χ3v) is 6.41. The number of ketones is 1. The van der Waals surface area contributed by atoms with E-state index in [1.165, 1.54) is 29.3 Å². The number of morpholine rings is 1. The number of hydrogen-bond donors (Lipinski definition) is 2. The zero-order valence-corrected chi connectivity index (χ0v) is 21.0. The second-order valence-corrected chi connectivity index (χ2v) is 9.36. The number of rotatable bonds is 6. The Morgan fingerprint density at radius 2 is 1.97 bits per heavy atom. The lowest BCUT2D eigenvalue weighted by atomic mass is 10.0. The van der Waals surface area contributed by atoms with Crippen molar-refractivity contribution in [2.75, 3.05) is 31.6 Å². The van der Waals surface area contributed by atoms with E-state index in [-0.39, 0.29) is 22.9 Å². The van der Waals surface area contributed by atoms with Crippen molar-refractivity contribution < 1.29 is 18.7 Å². The molecule has 37 heavy (non-hydrogen) atoms. The molecule has 1 saturated heterocycles. The molecule has 0 spiro atoms. The molecule has 2 N–H and O–H groups in total. The molecule has 0 unspecified atom stereocenters. The third kappa shape index (κ3) is 4.90. The molecule has 4 aromatic rings. The van der Waals surface area contributed by atoms with Gasteiger partial charge in [0.25, 0.3) is 11.7 Å². The van der Waals surface area contributed by atoms with Crippen LogP contribution in [0.1, 0.15) is 35.7 Å². The summed E-state index contributed by atoms with van der Waals surface area (Å²) in [5.41, 5.74) is 2.10. The number of amides is 1. The summed E-state index contributed by atoms with van der Waals surface area (Å²) in [6.07, 6.45) is 4.70. The van der Waals surface area contributed by atoms with Gasteiger partial charge in [-0.15, -0.1) is 0 Å². The minimum Gasteiger partial charge on any atom is -0.378 e. The standard InChI is InChI=1S/C26H24ClFN6O3/c1-14(2)17-12-30-23(16-11-15(27)3-4-19(16)28)33-24(17)32-20-5-6-29-25-21(20)18(13-31-25)22(35)26(36)34-7-9-37-10-8-34/h3-6,11-14H,7-10H2,1-2H3,(H2,29,30,31,32,33). The van der Waals surface area contributed by atoms with Crippen LogP contribution in [0.2, 0.25) is 5.02 Å². The maximum atomic E-state index is 14.6. The number of Topliss-reactive ketones (excluding diaryl/α,β-unsaturated/α-hetero) is 1. The van der Waals surface area contributed by atoms with Crippen LogP contribution in [-0.2, 0) is 9.53 Å². The van der Waals surface area contributed by atoms with Gasteiger partial charge in [-0.25, -0.2) is 19.3 Å². The Morgan fingerprint density at radius 3 is 2.73 bits per heavy atom. The molecule has 0 bridgehead atoms. The topological polar surface area (TPSA) is 113 Å². The molecule has 0 saturated carbocycles. The van der Waals surface area contributed by atoms with E-state index in [1.54, 1.807) is 18.5 Å². The van der Waals surface area contributed by atoms with E-state index in [1.807, 2.05) is 13.8 Å². The van der Waals surface area contributed by atoms with Gasteiger partial charge in [0.15, 0.2) is 5.82 Å².